The van der Waals surface area contributed by atoms with Crippen molar-refractivity contribution in [3.05, 3.63) is 28.8 Å². The van der Waals surface area contributed by atoms with Crippen molar-refractivity contribution < 1.29 is 17.9 Å². The Balaban J connectivity index is 1.51. The third-order valence-corrected chi connectivity index (χ3v) is 7.47. The molecule has 138 valence electrons. The van der Waals surface area contributed by atoms with Crippen molar-refractivity contribution in [3.63, 3.8) is 0 Å². The number of carbonyl (C=O) groups is 1. The average molecular weight is 387 g/mol. The molecular formula is C17H23ClN2O4S. The minimum absolute atomic E-state index is 0.154. The van der Waals surface area contributed by atoms with E-state index in [1.54, 1.807) is 22.5 Å². The number of nitrogens with one attached hydrogen (secondary N) is 1. The quantitative estimate of drug-likeness (QED) is 0.813. The number of piperidine rings is 1. The molecule has 25 heavy (non-hydrogen) atoms. The lowest BCUT2D eigenvalue weighted by Gasteiger charge is -2.31. The van der Waals surface area contributed by atoms with Gasteiger partial charge in [-0.2, -0.15) is 0 Å². The first-order chi connectivity index (χ1) is 11.9. The van der Waals surface area contributed by atoms with Gasteiger partial charge in [0.05, 0.1) is 17.9 Å². The monoisotopic (exact) mass is 386 g/mol. The highest BCUT2D eigenvalue weighted by atomic mass is 35.5. The van der Waals surface area contributed by atoms with Crippen LogP contribution < -0.4 is 10.1 Å². The first-order valence-corrected chi connectivity index (χ1v) is 10.4. The standard InChI is InChI=1S/C17H23ClN2O4S/c1-24-16-5-2-13(18)10-15(16)17(21)19-11-12-6-8-20(9-7-12)25(22,23)14-3-4-14/h2,5,10,12,14H,3-4,6-9,11H2,1H3,(H,19,21). The molecule has 0 atom stereocenters. The Bertz CT molecular complexity index is 741. The maximum atomic E-state index is 12.4. The molecule has 0 aromatic heterocycles. The van der Waals surface area contributed by atoms with Crippen LogP contribution in [0.5, 0.6) is 5.75 Å². The topological polar surface area (TPSA) is 75.7 Å². The largest absolute Gasteiger partial charge is 0.496 e. The molecule has 1 saturated carbocycles. The summed E-state index contributed by atoms with van der Waals surface area (Å²) in [5, 5.41) is 3.24. The molecule has 1 aliphatic carbocycles. The second kappa shape index (κ2) is 7.51. The Hall–Kier alpha value is -1.31. The summed E-state index contributed by atoms with van der Waals surface area (Å²) in [6, 6.07) is 4.92. The third kappa shape index (κ3) is 4.27. The van der Waals surface area contributed by atoms with Crippen LogP contribution in [0.1, 0.15) is 36.0 Å². The van der Waals surface area contributed by atoms with E-state index >= 15 is 0 Å². The van der Waals surface area contributed by atoms with E-state index < -0.39 is 10.0 Å². The summed E-state index contributed by atoms with van der Waals surface area (Å²) in [5.74, 6) is 0.527. The van der Waals surface area contributed by atoms with E-state index in [0.29, 0.717) is 36.0 Å². The number of hydrogen-bond acceptors (Lipinski definition) is 4. The summed E-state index contributed by atoms with van der Waals surface area (Å²) in [6.07, 6.45) is 3.11. The van der Waals surface area contributed by atoms with Gasteiger partial charge in [0.25, 0.3) is 5.91 Å². The van der Waals surface area contributed by atoms with Crippen molar-refractivity contribution in [2.75, 3.05) is 26.7 Å². The zero-order valence-electron chi connectivity index (χ0n) is 14.2. The fourth-order valence-corrected chi connectivity index (χ4v) is 5.18. The molecule has 0 spiro atoms. The SMILES string of the molecule is COc1ccc(Cl)cc1C(=O)NCC1CCN(S(=O)(=O)C2CC2)CC1. The highest BCUT2D eigenvalue weighted by Gasteiger charge is 2.41. The van der Waals surface area contributed by atoms with Crippen molar-refractivity contribution in [2.24, 2.45) is 5.92 Å². The lowest BCUT2D eigenvalue weighted by atomic mass is 9.98. The van der Waals surface area contributed by atoms with E-state index in [2.05, 4.69) is 5.32 Å². The molecule has 6 nitrogen and oxygen atoms in total. The summed E-state index contributed by atoms with van der Waals surface area (Å²) >= 11 is 5.96. The molecule has 0 unspecified atom stereocenters. The van der Waals surface area contributed by atoms with Gasteiger partial charge in [0.1, 0.15) is 5.75 Å². The van der Waals surface area contributed by atoms with Crippen LogP contribution in [-0.4, -0.2) is 50.6 Å². The summed E-state index contributed by atoms with van der Waals surface area (Å²) in [6.45, 7) is 1.60. The van der Waals surface area contributed by atoms with Crippen LogP contribution >= 0.6 is 11.6 Å². The highest BCUT2D eigenvalue weighted by molar-refractivity contribution is 7.90. The molecule has 1 amide bonds. The van der Waals surface area contributed by atoms with Crippen LogP contribution in [-0.2, 0) is 10.0 Å². The van der Waals surface area contributed by atoms with Gasteiger partial charge in [-0.1, -0.05) is 11.6 Å². The van der Waals surface area contributed by atoms with E-state index in [9.17, 15) is 13.2 Å². The molecule has 1 aromatic rings. The zero-order chi connectivity index (χ0) is 18.0. The molecule has 8 heteroatoms. The van der Waals surface area contributed by atoms with Gasteiger partial charge in [0.15, 0.2) is 0 Å². The van der Waals surface area contributed by atoms with Crippen molar-refractivity contribution in [2.45, 2.75) is 30.9 Å². The van der Waals surface area contributed by atoms with Crippen molar-refractivity contribution >= 4 is 27.5 Å². The molecule has 2 aliphatic rings. The molecule has 1 aliphatic heterocycles. The predicted molar refractivity (Wildman–Crippen MR) is 96.6 cm³/mol. The van der Waals surface area contributed by atoms with Gasteiger partial charge in [-0.25, -0.2) is 12.7 Å². The molecule has 1 aromatic carbocycles. The number of halogens is 1. The van der Waals surface area contributed by atoms with Gasteiger partial charge < -0.3 is 10.1 Å². The number of amides is 1. The van der Waals surface area contributed by atoms with Gasteiger partial charge in [-0.15, -0.1) is 0 Å². The summed E-state index contributed by atoms with van der Waals surface area (Å²) in [4.78, 5) is 12.4. The van der Waals surface area contributed by atoms with Crippen LogP contribution in [0.15, 0.2) is 18.2 Å². The zero-order valence-corrected chi connectivity index (χ0v) is 15.8. The van der Waals surface area contributed by atoms with E-state index in [1.165, 1.54) is 7.11 Å². The number of carbonyl (C=O) groups excluding carboxylic acids is 1. The lowest BCUT2D eigenvalue weighted by Crippen LogP contribution is -2.42. The smallest absolute Gasteiger partial charge is 0.255 e. The van der Waals surface area contributed by atoms with Crippen molar-refractivity contribution in [1.82, 2.24) is 9.62 Å². The second-order valence-corrected chi connectivity index (χ2v) is 9.29. The van der Waals surface area contributed by atoms with Crippen LogP contribution in [0.25, 0.3) is 0 Å². The first-order valence-electron chi connectivity index (χ1n) is 8.52. The maximum Gasteiger partial charge on any atom is 0.255 e. The molecule has 0 bridgehead atoms. The number of sulfonamides is 1. The van der Waals surface area contributed by atoms with E-state index in [1.807, 2.05) is 0 Å². The van der Waals surface area contributed by atoms with Crippen LogP contribution in [0.3, 0.4) is 0 Å². The Morgan fingerprint density at radius 3 is 2.56 bits per heavy atom. The van der Waals surface area contributed by atoms with Crippen LogP contribution in [0.2, 0.25) is 5.02 Å². The number of benzene rings is 1. The Kier molecular flexibility index (Phi) is 5.55. The molecule has 3 rings (SSSR count). The van der Waals surface area contributed by atoms with Crippen molar-refractivity contribution in [3.8, 4) is 5.75 Å². The van der Waals surface area contributed by atoms with Gasteiger partial charge >= 0.3 is 0 Å². The fraction of sp³-hybridized carbons (Fsp3) is 0.588. The minimum atomic E-state index is -3.09. The normalized spacial score (nSPS) is 19.6. The minimum Gasteiger partial charge on any atom is -0.496 e. The molecule has 2 fully saturated rings. The summed E-state index contributed by atoms with van der Waals surface area (Å²) in [5.41, 5.74) is 0.406. The summed E-state index contributed by atoms with van der Waals surface area (Å²) < 4.78 is 31.3. The van der Waals surface area contributed by atoms with Crippen LogP contribution in [0, 0.1) is 5.92 Å². The predicted octanol–water partition coefficient (Wildman–Crippen LogP) is 2.28. The van der Waals surface area contributed by atoms with E-state index in [4.69, 9.17) is 16.3 Å². The number of methoxy groups -OCH3 is 1. The summed E-state index contributed by atoms with van der Waals surface area (Å²) in [7, 11) is -1.58. The highest BCUT2D eigenvalue weighted by Crippen LogP contribution is 2.33. The van der Waals surface area contributed by atoms with E-state index in [-0.39, 0.29) is 17.1 Å². The molecular weight excluding hydrogens is 364 g/mol. The number of rotatable bonds is 6. The Morgan fingerprint density at radius 1 is 1.28 bits per heavy atom. The molecule has 1 saturated heterocycles. The van der Waals surface area contributed by atoms with Gasteiger partial charge in [0.2, 0.25) is 10.0 Å². The Labute approximate surface area is 153 Å². The second-order valence-electron chi connectivity index (χ2n) is 6.64. The molecule has 0 radical (unpaired) electrons. The van der Waals surface area contributed by atoms with Gasteiger partial charge in [-0.05, 0) is 49.8 Å². The van der Waals surface area contributed by atoms with Crippen molar-refractivity contribution in [1.29, 1.82) is 0 Å². The fourth-order valence-electron chi connectivity index (χ4n) is 3.13. The molecule has 1 heterocycles. The lowest BCUT2D eigenvalue weighted by molar-refractivity contribution is 0.0938. The number of ether oxygens (including phenoxy) is 1. The molecule has 1 N–H and O–H groups in total. The van der Waals surface area contributed by atoms with E-state index in [0.717, 1.165) is 25.7 Å². The third-order valence-electron chi connectivity index (χ3n) is 4.84. The van der Waals surface area contributed by atoms with Gasteiger partial charge in [-0.3, -0.25) is 4.79 Å². The number of hydrogen-bond donors (Lipinski definition) is 1. The Morgan fingerprint density at radius 2 is 1.96 bits per heavy atom. The first kappa shape index (κ1) is 18.5. The van der Waals surface area contributed by atoms with Crippen LogP contribution in [0.4, 0.5) is 0 Å². The van der Waals surface area contributed by atoms with Gasteiger partial charge in [0, 0.05) is 24.7 Å². The maximum absolute atomic E-state index is 12.4. The average Bonchev–Trinajstić information content (AvgIpc) is 3.45. The number of nitrogens with zero attached hydrogens (tertiary/aromatic N) is 1.